The molecular formula is C24H19ClFN3O3. The summed E-state index contributed by atoms with van der Waals surface area (Å²) in [6.07, 6.45) is 0. The lowest BCUT2D eigenvalue weighted by Crippen LogP contribution is -2.47. The summed E-state index contributed by atoms with van der Waals surface area (Å²) < 4.78 is 13.2. The van der Waals surface area contributed by atoms with Crippen molar-refractivity contribution in [3.05, 3.63) is 94.3 Å². The molecule has 0 atom stereocenters. The van der Waals surface area contributed by atoms with Gasteiger partial charge in [-0.25, -0.2) is 4.39 Å². The molecule has 1 aliphatic rings. The largest absolute Gasteiger partial charge is 0.359 e. The maximum atomic E-state index is 13.2. The van der Waals surface area contributed by atoms with Crippen LogP contribution in [-0.2, 0) is 4.79 Å². The Morgan fingerprint density at radius 1 is 1.00 bits per heavy atom. The molecule has 162 valence electrons. The monoisotopic (exact) mass is 451 g/mol. The highest BCUT2D eigenvalue weighted by Gasteiger charge is 2.21. The third kappa shape index (κ3) is 4.63. The number of hydrogen-bond donors (Lipinski definition) is 2. The summed E-state index contributed by atoms with van der Waals surface area (Å²) in [6.45, 7) is 1.38. The number of amides is 2. The van der Waals surface area contributed by atoms with E-state index in [0.29, 0.717) is 29.5 Å². The number of anilines is 2. The Morgan fingerprint density at radius 2 is 1.72 bits per heavy atom. The van der Waals surface area contributed by atoms with Crippen molar-refractivity contribution in [3.63, 3.8) is 0 Å². The van der Waals surface area contributed by atoms with Crippen LogP contribution in [0.15, 0.2) is 66.7 Å². The van der Waals surface area contributed by atoms with Crippen molar-refractivity contribution < 1.29 is 18.8 Å². The van der Waals surface area contributed by atoms with E-state index in [4.69, 9.17) is 11.6 Å². The van der Waals surface area contributed by atoms with E-state index in [9.17, 15) is 18.8 Å². The molecule has 0 unspecified atom stereocenters. The minimum atomic E-state index is -0.475. The molecule has 2 amide bonds. The lowest BCUT2D eigenvalue weighted by molar-refractivity contribution is -0.120. The molecule has 0 bridgehead atoms. The van der Waals surface area contributed by atoms with Gasteiger partial charge in [0.15, 0.2) is 5.78 Å². The van der Waals surface area contributed by atoms with E-state index in [0.717, 1.165) is 0 Å². The summed E-state index contributed by atoms with van der Waals surface area (Å²) >= 11 is 6.41. The summed E-state index contributed by atoms with van der Waals surface area (Å²) in [5, 5.41) is 5.92. The molecule has 2 N–H and O–H groups in total. The SMILES string of the molecule is O=C1CN(c2ccc(NC(=O)c3ccccc3C(=O)c3ccc(F)cc3)cc2Cl)CCN1. The average molecular weight is 452 g/mol. The van der Waals surface area contributed by atoms with Gasteiger partial charge >= 0.3 is 0 Å². The third-order valence-electron chi connectivity index (χ3n) is 5.11. The van der Waals surface area contributed by atoms with Gasteiger partial charge in [0.2, 0.25) is 5.91 Å². The average Bonchev–Trinajstić information content (AvgIpc) is 2.79. The number of nitrogens with zero attached hydrogens (tertiary/aromatic N) is 1. The van der Waals surface area contributed by atoms with Crippen LogP contribution in [0.4, 0.5) is 15.8 Å². The second-order valence-electron chi connectivity index (χ2n) is 7.27. The Bertz CT molecular complexity index is 1200. The van der Waals surface area contributed by atoms with Gasteiger partial charge in [0.25, 0.3) is 5.91 Å². The number of piperazine rings is 1. The van der Waals surface area contributed by atoms with Crippen molar-refractivity contribution in [1.82, 2.24) is 5.32 Å². The van der Waals surface area contributed by atoms with Gasteiger partial charge in [-0.1, -0.05) is 29.8 Å². The standard InChI is InChI=1S/C24H19ClFN3O3/c25-20-13-17(9-10-21(20)29-12-11-27-22(30)14-29)28-24(32)19-4-2-1-3-18(19)23(31)15-5-7-16(26)8-6-15/h1-10,13H,11-12,14H2,(H,27,30)(H,28,32). The summed E-state index contributed by atoms with van der Waals surface area (Å²) in [4.78, 5) is 39.3. The summed E-state index contributed by atoms with van der Waals surface area (Å²) in [7, 11) is 0. The fraction of sp³-hybridized carbons (Fsp3) is 0.125. The molecular weight excluding hydrogens is 433 g/mol. The fourth-order valence-corrected chi connectivity index (χ4v) is 3.82. The van der Waals surface area contributed by atoms with Crippen molar-refractivity contribution in [2.75, 3.05) is 29.9 Å². The number of nitrogens with one attached hydrogen (secondary N) is 2. The Balaban J connectivity index is 1.54. The first-order valence-electron chi connectivity index (χ1n) is 9.94. The van der Waals surface area contributed by atoms with Crippen LogP contribution in [0.25, 0.3) is 0 Å². The lowest BCUT2D eigenvalue weighted by Gasteiger charge is -2.29. The van der Waals surface area contributed by atoms with E-state index in [1.165, 1.54) is 24.3 Å². The summed E-state index contributed by atoms with van der Waals surface area (Å²) in [5.74, 6) is -1.38. The van der Waals surface area contributed by atoms with Gasteiger partial charge in [-0.15, -0.1) is 0 Å². The number of carbonyl (C=O) groups excluding carboxylic acids is 3. The van der Waals surface area contributed by atoms with E-state index >= 15 is 0 Å². The molecule has 1 heterocycles. The predicted molar refractivity (Wildman–Crippen MR) is 121 cm³/mol. The number of ketones is 1. The maximum Gasteiger partial charge on any atom is 0.256 e. The molecule has 0 radical (unpaired) electrons. The molecule has 6 nitrogen and oxygen atoms in total. The second kappa shape index (κ2) is 9.20. The zero-order chi connectivity index (χ0) is 22.7. The Morgan fingerprint density at radius 3 is 2.41 bits per heavy atom. The molecule has 0 aliphatic carbocycles. The minimum Gasteiger partial charge on any atom is -0.359 e. The normalized spacial score (nSPS) is 13.4. The van der Waals surface area contributed by atoms with Gasteiger partial charge in [-0.2, -0.15) is 0 Å². The molecule has 3 aromatic carbocycles. The summed E-state index contributed by atoms with van der Waals surface area (Å²) in [5.41, 5.74) is 1.83. The molecule has 0 spiro atoms. The van der Waals surface area contributed by atoms with Crippen LogP contribution in [0.1, 0.15) is 26.3 Å². The van der Waals surface area contributed by atoms with Crippen LogP contribution in [-0.4, -0.2) is 37.2 Å². The highest BCUT2D eigenvalue weighted by atomic mass is 35.5. The van der Waals surface area contributed by atoms with Crippen LogP contribution in [0.3, 0.4) is 0 Å². The van der Waals surface area contributed by atoms with Crippen LogP contribution < -0.4 is 15.5 Å². The topological polar surface area (TPSA) is 78.5 Å². The molecule has 0 aromatic heterocycles. The van der Waals surface area contributed by atoms with Crippen molar-refractivity contribution in [2.45, 2.75) is 0 Å². The van der Waals surface area contributed by atoms with Crippen LogP contribution in [0.5, 0.6) is 0 Å². The van der Waals surface area contributed by atoms with E-state index in [2.05, 4.69) is 10.6 Å². The zero-order valence-electron chi connectivity index (χ0n) is 16.9. The molecule has 1 aliphatic heterocycles. The van der Waals surface area contributed by atoms with Crippen molar-refractivity contribution >= 4 is 40.6 Å². The highest BCUT2D eigenvalue weighted by Crippen LogP contribution is 2.29. The summed E-state index contributed by atoms with van der Waals surface area (Å²) in [6, 6.07) is 16.6. The number of halogens is 2. The van der Waals surface area contributed by atoms with E-state index in [-0.39, 0.29) is 34.9 Å². The van der Waals surface area contributed by atoms with E-state index in [1.54, 1.807) is 42.5 Å². The van der Waals surface area contributed by atoms with Crippen LogP contribution in [0, 0.1) is 5.82 Å². The van der Waals surface area contributed by atoms with Crippen molar-refractivity contribution in [1.29, 1.82) is 0 Å². The van der Waals surface area contributed by atoms with Gasteiger partial charge in [-0.3, -0.25) is 14.4 Å². The number of benzene rings is 3. The maximum absolute atomic E-state index is 13.2. The smallest absolute Gasteiger partial charge is 0.256 e. The van der Waals surface area contributed by atoms with Crippen LogP contribution >= 0.6 is 11.6 Å². The van der Waals surface area contributed by atoms with Crippen molar-refractivity contribution in [3.8, 4) is 0 Å². The number of carbonyl (C=O) groups is 3. The van der Waals surface area contributed by atoms with Gasteiger partial charge in [-0.05, 0) is 48.5 Å². The van der Waals surface area contributed by atoms with E-state index < -0.39 is 11.7 Å². The van der Waals surface area contributed by atoms with Gasteiger partial charge in [0.05, 0.1) is 22.8 Å². The fourth-order valence-electron chi connectivity index (χ4n) is 3.52. The molecule has 32 heavy (non-hydrogen) atoms. The predicted octanol–water partition coefficient (Wildman–Crippen LogP) is 3.90. The van der Waals surface area contributed by atoms with Gasteiger partial charge in [0.1, 0.15) is 5.82 Å². The Kier molecular flexibility index (Phi) is 6.18. The molecule has 4 rings (SSSR count). The first kappa shape index (κ1) is 21.5. The molecule has 1 fully saturated rings. The zero-order valence-corrected chi connectivity index (χ0v) is 17.7. The minimum absolute atomic E-state index is 0.0767. The van der Waals surface area contributed by atoms with Crippen LogP contribution in [0.2, 0.25) is 5.02 Å². The van der Waals surface area contributed by atoms with Gasteiger partial charge < -0.3 is 15.5 Å². The highest BCUT2D eigenvalue weighted by molar-refractivity contribution is 6.33. The number of rotatable bonds is 5. The first-order valence-corrected chi connectivity index (χ1v) is 10.3. The first-order chi connectivity index (χ1) is 15.4. The lowest BCUT2D eigenvalue weighted by atomic mass is 9.98. The van der Waals surface area contributed by atoms with Crippen molar-refractivity contribution in [2.24, 2.45) is 0 Å². The molecule has 0 saturated carbocycles. The van der Waals surface area contributed by atoms with E-state index in [1.807, 2.05) is 4.90 Å². The second-order valence-corrected chi connectivity index (χ2v) is 7.68. The molecule has 1 saturated heterocycles. The Labute approximate surface area is 189 Å². The molecule has 8 heteroatoms. The van der Waals surface area contributed by atoms with Gasteiger partial charge in [0, 0.05) is 29.9 Å². The third-order valence-corrected chi connectivity index (χ3v) is 5.41. The Hall–Kier alpha value is -3.71. The number of hydrogen-bond acceptors (Lipinski definition) is 4. The molecule has 3 aromatic rings. The quantitative estimate of drug-likeness (QED) is 0.577.